The van der Waals surface area contributed by atoms with Gasteiger partial charge in [0.1, 0.15) is 5.75 Å². The van der Waals surface area contributed by atoms with Gasteiger partial charge in [-0.3, -0.25) is 4.79 Å². The molecule has 2 atom stereocenters. The van der Waals surface area contributed by atoms with E-state index in [4.69, 9.17) is 9.26 Å². The SMILES string of the molecule is COc1ccc(-c2noc(C3CC(=O)N(C4CCc5ccccc54)C3)n2)cc1. The van der Waals surface area contributed by atoms with Gasteiger partial charge in [0.25, 0.3) is 0 Å². The zero-order chi connectivity index (χ0) is 19.1. The highest BCUT2D eigenvalue weighted by atomic mass is 16.5. The highest BCUT2D eigenvalue weighted by Crippen LogP contribution is 2.40. The van der Waals surface area contributed by atoms with Crippen molar-refractivity contribution in [3.05, 3.63) is 65.5 Å². The van der Waals surface area contributed by atoms with Gasteiger partial charge in [-0.2, -0.15) is 4.98 Å². The van der Waals surface area contributed by atoms with Crippen LogP contribution in [0.25, 0.3) is 11.4 Å². The zero-order valence-corrected chi connectivity index (χ0v) is 15.7. The normalized spacial score (nSPS) is 21.2. The fourth-order valence-electron chi connectivity index (χ4n) is 4.32. The molecule has 28 heavy (non-hydrogen) atoms. The molecular formula is C22H21N3O3. The van der Waals surface area contributed by atoms with Crippen molar-refractivity contribution in [2.24, 2.45) is 0 Å². The molecule has 0 spiro atoms. The van der Waals surface area contributed by atoms with Crippen molar-refractivity contribution in [2.75, 3.05) is 13.7 Å². The number of aryl methyl sites for hydroxylation is 1. The second kappa shape index (κ2) is 6.78. The van der Waals surface area contributed by atoms with Crippen LogP contribution in [-0.2, 0) is 11.2 Å². The lowest BCUT2D eigenvalue weighted by Crippen LogP contribution is -2.28. The third kappa shape index (κ3) is 2.85. The van der Waals surface area contributed by atoms with Gasteiger partial charge in [-0.05, 0) is 48.2 Å². The van der Waals surface area contributed by atoms with E-state index in [1.165, 1.54) is 11.1 Å². The molecule has 2 aliphatic rings. The molecule has 1 aromatic heterocycles. The predicted octanol–water partition coefficient (Wildman–Crippen LogP) is 3.75. The van der Waals surface area contributed by atoms with Crippen LogP contribution in [0, 0.1) is 0 Å². The molecule has 1 fully saturated rings. The number of ether oxygens (including phenoxy) is 1. The first-order valence-electron chi connectivity index (χ1n) is 9.58. The lowest BCUT2D eigenvalue weighted by Gasteiger charge is -2.25. The summed E-state index contributed by atoms with van der Waals surface area (Å²) in [5.74, 6) is 1.96. The summed E-state index contributed by atoms with van der Waals surface area (Å²) in [6.45, 7) is 0.627. The van der Waals surface area contributed by atoms with E-state index in [0.717, 1.165) is 24.2 Å². The Balaban J connectivity index is 1.34. The summed E-state index contributed by atoms with van der Waals surface area (Å²) >= 11 is 0. The lowest BCUT2D eigenvalue weighted by molar-refractivity contribution is -0.129. The first-order valence-corrected chi connectivity index (χ1v) is 9.58. The number of aromatic nitrogens is 2. The van der Waals surface area contributed by atoms with E-state index in [1.807, 2.05) is 35.2 Å². The van der Waals surface area contributed by atoms with Crippen LogP contribution >= 0.6 is 0 Å². The average molecular weight is 375 g/mol. The van der Waals surface area contributed by atoms with E-state index < -0.39 is 0 Å². The first kappa shape index (κ1) is 17.0. The number of carbonyl (C=O) groups excluding carboxylic acids is 1. The molecular weight excluding hydrogens is 354 g/mol. The first-order chi connectivity index (χ1) is 13.7. The molecule has 2 heterocycles. The van der Waals surface area contributed by atoms with E-state index in [9.17, 15) is 4.79 Å². The summed E-state index contributed by atoms with van der Waals surface area (Å²) in [4.78, 5) is 19.3. The topological polar surface area (TPSA) is 68.5 Å². The lowest BCUT2D eigenvalue weighted by atomic mass is 10.1. The van der Waals surface area contributed by atoms with Gasteiger partial charge in [-0.25, -0.2) is 0 Å². The number of amides is 1. The van der Waals surface area contributed by atoms with Gasteiger partial charge in [0, 0.05) is 18.5 Å². The Morgan fingerprint density at radius 1 is 1.14 bits per heavy atom. The number of carbonyl (C=O) groups is 1. The molecule has 142 valence electrons. The van der Waals surface area contributed by atoms with Crippen LogP contribution < -0.4 is 4.74 Å². The van der Waals surface area contributed by atoms with Crippen molar-refractivity contribution in [3.8, 4) is 17.1 Å². The molecule has 5 rings (SSSR count). The molecule has 0 radical (unpaired) electrons. The van der Waals surface area contributed by atoms with Crippen LogP contribution in [0.3, 0.4) is 0 Å². The fourth-order valence-corrected chi connectivity index (χ4v) is 4.32. The summed E-state index contributed by atoms with van der Waals surface area (Å²) < 4.78 is 10.7. The van der Waals surface area contributed by atoms with Gasteiger partial charge in [0.15, 0.2) is 0 Å². The van der Waals surface area contributed by atoms with Crippen molar-refractivity contribution in [1.29, 1.82) is 0 Å². The summed E-state index contributed by atoms with van der Waals surface area (Å²) in [7, 11) is 1.63. The van der Waals surface area contributed by atoms with Crippen molar-refractivity contribution >= 4 is 5.91 Å². The molecule has 2 aromatic carbocycles. The third-order valence-electron chi connectivity index (χ3n) is 5.78. The van der Waals surface area contributed by atoms with Crippen molar-refractivity contribution < 1.29 is 14.1 Å². The number of methoxy groups -OCH3 is 1. The van der Waals surface area contributed by atoms with Crippen molar-refractivity contribution in [3.63, 3.8) is 0 Å². The van der Waals surface area contributed by atoms with Crippen molar-refractivity contribution in [1.82, 2.24) is 15.0 Å². The molecule has 0 saturated carbocycles. The Bertz CT molecular complexity index is 1010. The number of hydrogen-bond acceptors (Lipinski definition) is 5. The second-order valence-corrected chi connectivity index (χ2v) is 7.39. The van der Waals surface area contributed by atoms with Crippen LogP contribution in [0.15, 0.2) is 53.1 Å². The van der Waals surface area contributed by atoms with Crippen LogP contribution in [0.5, 0.6) is 5.75 Å². The molecule has 6 nitrogen and oxygen atoms in total. The maximum atomic E-state index is 12.7. The van der Waals surface area contributed by atoms with E-state index in [-0.39, 0.29) is 17.9 Å². The van der Waals surface area contributed by atoms with Gasteiger partial charge in [0.05, 0.1) is 19.1 Å². The van der Waals surface area contributed by atoms with E-state index in [0.29, 0.717) is 24.7 Å². The maximum absolute atomic E-state index is 12.7. The second-order valence-electron chi connectivity index (χ2n) is 7.39. The van der Waals surface area contributed by atoms with Crippen LogP contribution in [0.4, 0.5) is 0 Å². The van der Waals surface area contributed by atoms with Gasteiger partial charge < -0.3 is 14.2 Å². The number of benzene rings is 2. The third-order valence-corrected chi connectivity index (χ3v) is 5.78. The standard InChI is InChI=1S/C22H21N3O3/c1-27-17-9-6-15(7-10-17)21-23-22(28-24-21)16-12-20(26)25(13-16)19-11-8-14-4-2-3-5-18(14)19/h2-7,9-10,16,19H,8,11-13H2,1H3. The van der Waals surface area contributed by atoms with E-state index >= 15 is 0 Å². The number of likely N-dealkylation sites (tertiary alicyclic amines) is 1. The quantitative estimate of drug-likeness (QED) is 0.695. The van der Waals surface area contributed by atoms with E-state index in [1.54, 1.807) is 7.11 Å². The van der Waals surface area contributed by atoms with Crippen LogP contribution in [-0.4, -0.2) is 34.6 Å². The Labute approximate surface area is 163 Å². The summed E-state index contributed by atoms with van der Waals surface area (Å²) in [5.41, 5.74) is 3.49. The molecule has 1 aliphatic carbocycles. The Hall–Kier alpha value is -3.15. The van der Waals surface area contributed by atoms with Crippen LogP contribution in [0.1, 0.15) is 41.8 Å². The molecule has 1 aliphatic heterocycles. The number of hydrogen-bond donors (Lipinski definition) is 0. The molecule has 0 N–H and O–H groups in total. The highest BCUT2D eigenvalue weighted by molar-refractivity contribution is 5.80. The monoisotopic (exact) mass is 375 g/mol. The van der Waals surface area contributed by atoms with Gasteiger partial charge in [-0.1, -0.05) is 29.4 Å². The Kier molecular flexibility index (Phi) is 4.11. The number of rotatable bonds is 4. The van der Waals surface area contributed by atoms with Gasteiger partial charge in [-0.15, -0.1) is 0 Å². The summed E-state index contributed by atoms with van der Waals surface area (Å²) in [6, 6.07) is 16.1. The Morgan fingerprint density at radius 2 is 1.96 bits per heavy atom. The van der Waals surface area contributed by atoms with Gasteiger partial charge >= 0.3 is 0 Å². The van der Waals surface area contributed by atoms with Crippen molar-refractivity contribution in [2.45, 2.75) is 31.2 Å². The largest absolute Gasteiger partial charge is 0.497 e. The fraction of sp³-hybridized carbons (Fsp3) is 0.318. The summed E-state index contributed by atoms with van der Waals surface area (Å²) in [6.07, 6.45) is 2.43. The van der Waals surface area contributed by atoms with Gasteiger partial charge in [0.2, 0.25) is 17.6 Å². The van der Waals surface area contributed by atoms with E-state index in [2.05, 4.69) is 28.3 Å². The minimum atomic E-state index is -0.0558. The molecule has 2 unspecified atom stereocenters. The Morgan fingerprint density at radius 3 is 2.79 bits per heavy atom. The average Bonchev–Trinajstić information content (AvgIpc) is 3.46. The highest BCUT2D eigenvalue weighted by Gasteiger charge is 2.40. The number of nitrogens with zero attached hydrogens (tertiary/aromatic N) is 3. The molecule has 3 aromatic rings. The minimum Gasteiger partial charge on any atom is -0.497 e. The smallest absolute Gasteiger partial charge is 0.232 e. The minimum absolute atomic E-state index is 0.0558. The zero-order valence-electron chi connectivity index (χ0n) is 15.7. The molecule has 0 bridgehead atoms. The maximum Gasteiger partial charge on any atom is 0.232 e. The number of fused-ring (bicyclic) bond motifs is 1. The summed E-state index contributed by atoms with van der Waals surface area (Å²) in [5, 5.41) is 4.11. The predicted molar refractivity (Wildman–Crippen MR) is 103 cm³/mol. The molecule has 1 amide bonds. The molecule has 1 saturated heterocycles. The molecule has 6 heteroatoms. The van der Waals surface area contributed by atoms with Crippen LogP contribution in [0.2, 0.25) is 0 Å².